The number of benzene rings is 1. The van der Waals surface area contributed by atoms with Gasteiger partial charge in [0.25, 0.3) is 0 Å². The SMILES string of the molecule is CC(C)COc1ccccc1NS(=O)(=O)CCCCl. The Morgan fingerprint density at radius 3 is 2.63 bits per heavy atom. The van der Waals surface area contributed by atoms with E-state index < -0.39 is 10.0 Å². The molecular formula is C13H20ClNO3S. The van der Waals surface area contributed by atoms with Crippen LogP contribution >= 0.6 is 11.6 Å². The Hall–Kier alpha value is -0.940. The van der Waals surface area contributed by atoms with Crippen LogP contribution in [-0.2, 0) is 10.0 Å². The Morgan fingerprint density at radius 2 is 2.00 bits per heavy atom. The molecule has 19 heavy (non-hydrogen) atoms. The van der Waals surface area contributed by atoms with Crippen molar-refractivity contribution < 1.29 is 13.2 Å². The predicted molar refractivity (Wildman–Crippen MR) is 79.5 cm³/mol. The first kappa shape index (κ1) is 16.1. The fourth-order valence-electron chi connectivity index (χ4n) is 1.40. The van der Waals surface area contributed by atoms with E-state index >= 15 is 0 Å². The second-order valence-electron chi connectivity index (χ2n) is 4.66. The number of alkyl halides is 1. The summed E-state index contributed by atoms with van der Waals surface area (Å²) in [5.74, 6) is 1.26. The molecule has 0 atom stereocenters. The van der Waals surface area contributed by atoms with E-state index in [0.29, 0.717) is 36.3 Å². The summed E-state index contributed by atoms with van der Waals surface area (Å²) in [7, 11) is -3.37. The third kappa shape index (κ3) is 6.16. The molecule has 0 amide bonds. The second-order valence-corrected chi connectivity index (χ2v) is 6.88. The first-order valence-electron chi connectivity index (χ1n) is 6.23. The van der Waals surface area contributed by atoms with Crippen LogP contribution in [0.15, 0.2) is 24.3 Å². The van der Waals surface area contributed by atoms with Crippen LogP contribution in [0.25, 0.3) is 0 Å². The van der Waals surface area contributed by atoms with Crippen LogP contribution in [-0.4, -0.2) is 26.7 Å². The van der Waals surface area contributed by atoms with Crippen molar-refractivity contribution in [1.29, 1.82) is 0 Å². The van der Waals surface area contributed by atoms with Crippen LogP contribution < -0.4 is 9.46 Å². The maximum Gasteiger partial charge on any atom is 0.232 e. The van der Waals surface area contributed by atoms with Gasteiger partial charge in [-0.2, -0.15) is 0 Å². The average Bonchev–Trinajstić information content (AvgIpc) is 2.35. The van der Waals surface area contributed by atoms with Gasteiger partial charge in [0.05, 0.1) is 18.0 Å². The van der Waals surface area contributed by atoms with Crippen molar-refractivity contribution in [3.8, 4) is 5.75 Å². The lowest BCUT2D eigenvalue weighted by Gasteiger charge is -2.14. The molecule has 0 saturated heterocycles. The number of anilines is 1. The molecule has 0 aliphatic heterocycles. The molecular weight excluding hydrogens is 286 g/mol. The molecule has 0 saturated carbocycles. The monoisotopic (exact) mass is 305 g/mol. The molecule has 1 rings (SSSR count). The van der Waals surface area contributed by atoms with Gasteiger partial charge >= 0.3 is 0 Å². The first-order valence-corrected chi connectivity index (χ1v) is 8.41. The van der Waals surface area contributed by atoms with Crippen LogP contribution in [0.3, 0.4) is 0 Å². The van der Waals surface area contributed by atoms with Gasteiger partial charge in [-0.3, -0.25) is 4.72 Å². The van der Waals surface area contributed by atoms with Gasteiger partial charge in [-0.15, -0.1) is 11.6 Å². The number of nitrogens with one attached hydrogen (secondary N) is 1. The zero-order chi connectivity index (χ0) is 14.3. The molecule has 1 aromatic carbocycles. The third-order valence-corrected chi connectivity index (χ3v) is 3.90. The molecule has 0 unspecified atom stereocenters. The lowest BCUT2D eigenvalue weighted by atomic mass is 10.2. The number of para-hydroxylation sites is 2. The van der Waals surface area contributed by atoms with Crippen molar-refractivity contribution in [1.82, 2.24) is 0 Å². The number of sulfonamides is 1. The molecule has 1 N–H and O–H groups in total. The van der Waals surface area contributed by atoms with Gasteiger partial charge in [0.2, 0.25) is 10.0 Å². The minimum absolute atomic E-state index is 0.00894. The molecule has 0 aromatic heterocycles. The molecule has 0 radical (unpaired) electrons. The van der Waals surface area contributed by atoms with Gasteiger partial charge in [-0.05, 0) is 24.5 Å². The molecule has 1 aromatic rings. The normalized spacial score (nSPS) is 11.6. The maximum atomic E-state index is 11.8. The number of rotatable bonds is 8. The van der Waals surface area contributed by atoms with E-state index in [1.165, 1.54) is 0 Å². The van der Waals surface area contributed by atoms with Crippen molar-refractivity contribution in [2.45, 2.75) is 20.3 Å². The lowest BCUT2D eigenvalue weighted by molar-refractivity contribution is 0.272. The Labute approximate surface area is 120 Å². The van der Waals surface area contributed by atoms with Crippen molar-refractivity contribution in [3.05, 3.63) is 24.3 Å². The fourth-order valence-corrected chi connectivity index (χ4v) is 2.82. The van der Waals surface area contributed by atoms with Crippen molar-refractivity contribution in [2.75, 3.05) is 23.0 Å². The van der Waals surface area contributed by atoms with Crippen molar-refractivity contribution in [3.63, 3.8) is 0 Å². The highest BCUT2D eigenvalue weighted by Gasteiger charge is 2.13. The van der Waals surface area contributed by atoms with Crippen LogP contribution in [0.4, 0.5) is 5.69 Å². The highest BCUT2D eigenvalue weighted by Crippen LogP contribution is 2.25. The average molecular weight is 306 g/mol. The van der Waals surface area contributed by atoms with Gasteiger partial charge in [-0.1, -0.05) is 26.0 Å². The molecule has 108 valence electrons. The fraction of sp³-hybridized carbons (Fsp3) is 0.538. The Bertz CT molecular complexity index is 488. The molecule has 0 bridgehead atoms. The van der Waals surface area contributed by atoms with Gasteiger partial charge in [0, 0.05) is 5.88 Å². The highest BCUT2D eigenvalue weighted by molar-refractivity contribution is 7.92. The Morgan fingerprint density at radius 1 is 1.32 bits per heavy atom. The minimum Gasteiger partial charge on any atom is -0.491 e. The summed E-state index contributed by atoms with van der Waals surface area (Å²) < 4.78 is 31.8. The summed E-state index contributed by atoms with van der Waals surface area (Å²) in [4.78, 5) is 0. The van der Waals surface area contributed by atoms with Crippen LogP contribution in [0, 0.1) is 5.92 Å². The summed E-state index contributed by atoms with van der Waals surface area (Å²) in [6.07, 6.45) is 0.423. The predicted octanol–water partition coefficient (Wildman–Crippen LogP) is 3.09. The van der Waals surface area contributed by atoms with E-state index in [2.05, 4.69) is 4.72 Å². The quantitative estimate of drug-likeness (QED) is 0.751. The molecule has 0 fully saturated rings. The van der Waals surface area contributed by atoms with Gasteiger partial charge < -0.3 is 4.74 Å². The number of ether oxygens (including phenoxy) is 1. The van der Waals surface area contributed by atoms with Crippen LogP contribution in [0.2, 0.25) is 0 Å². The number of halogens is 1. The topological polar surface area (TPSA) is 55.4 Å². The molecule has 0 aliphatic rings. The molecule has 6 heteroatoms. The summed E-state index contributed by atoms with van der Waals surface area (Å²) in [5, 5.41) is 0. The molecule has 0 heterocycles. The maximum absolute atomic E-state index is 11.8. The third-order valence-electron chi connectivity index (χ3n) is 2.27. The van der Waals surface area contributed by atoms with E-state index in [0.717, 1.165) is 0 Å². The standard InChI is InChI=1S/C13H20ClNO3S/c1-11(2)10-18-13-7-4-3-6-12(13)15-19(16,17)9-5-8-14/h3-4,6-7,11,15H,5,8-10H2,1-2H3. The summed E-state index contributed by atoms with van der Waals surface area (Å²) in [6, 6.07) is 7.02. The summed E-state index contributed by atoms with van der Waals surface area (Å²) >= 11 is 5.51. The Balaban J connectivity index is 2.77. The van der Waals surface area contributed by atoms with Crippen LogP contribution in [0.5, 0.6) is 5.75 Å². The van der Waals surface area contributed by atoms with Gasteiger partial charge in [0.1, 0.15) is 5.75 Å². The van der Waals surface area contributed by atoms with E-state index in [9.17, 15) is 8.42 Å². The number of hydrogen-bond acceptors (Lipinski definition) is 3. The zero-order valence-electron chi connectivity index (χ0n) is 11.2. The van der Waals surface area contributed by atoms with Gasteiger partial charge in [0.15, 0.2) is 0 Å². The van der Waals surface area contributed by atoms with E-state index in [-0.39, 0.29) is 5.75 Å². The van der Waals surface area contributed by atoms with Crippen molar-refractivity contribution >= 4 is 27.3 Å². The summed E-state index contributed by atoms with van der Waals surface area (Å²) in [5.41, 5.74) is 0.470. The van der Waals surface area contributed by atoms with Gasteiger partial charge in [-0.25, -0.2) is 8.42 Å². The highest BCUT2D eigenvalue weighted by atomic mass is 35.5. The number of hydrogen-bond donors (Lipinski definition) is 1. The van der Waals surface area contributed by atoms with E-state index in [1.54, 1.807) is 18.2 Å². The largest absolute Gasteiger partial charge is 0.491 e. The molecule has 4 nitrogen and oxygen atoms in total. The summed E-state index contributed by atoms with van der Waals surface area (Å²) in [6.45, 7) is 4.61. The minimum atomic E-state index is -3.37. The lowest BCUT2D eigenvalue weighted by Crippen LogP contribution is -2.18. The Kier molecular flexibility index (Phi) is 6.45. The van der Waals surface area contributed by atoms with Crippen LogP contribution in [0.1, 0.15) is 20.3 Å². The molecule has 0 aliphatic carbocycles. The van der Waals surface area contributed by atoms with E-state index in [1.807, 2.05) is 19.9 Å². The zero-order valence-corrected chi connectivity index (χ0v) is 12.8. The second kappa shape index (κ2) is 7.60. The molecule has 0 spiro atoms. The smallest absolute Gasteiger partial charge is 0.232 e. The van der Waals surface area contributed by atoms with Crippen molar-refractivity contribution in [2.24, 2.45) is 5.92 Å². The first-order chi connectivity index (χ1) is 8.94. The van der Waals surface area contributed by atoms with E-state index in [4.69, 9.17) is 16.3 Å².